The van der Waals surface area contributed by atoms with Crippen molar-refractivity contribution in [3.63, 3.8) is 0 Å². The lowest BCUT2D eigenvalue weighted by molar-refractivity contribution is -0.136. The minimum Gasteiger partial charge on any atom is -0.461 e. The molecule has 0 amide bonds. The summed E-state index contributed by atoms with van der Waals surface area (Å²) in [6.45, 7) is 1.92. The van der Waals surface area contributed by atoms with E-state index >= 15 is 0 Å². The van der Waals surface area contributed by atoms with Gasteiger partial charge in [-0.3, -0.25) is 9.79 Å². The van der Waals surface area contributed by atoms with E-state index in [1.165, 1.54) is 0 Å². The number of esters is 1. The van der Waals surface area contributed by atoms with Crippen molar-refractivity contribution in [3.05, 3.63) is 64.6 Å². The Morgan fingerprint density at radius 2 is 1.78 bits per heavy atom. The maximum Gasteiger partial charge on any atom is 0.360 e. The molecule has 0 fully saturated rings. The summed E-state index contributed by atoms with van der Waals surface area (Å²) in [6, 6.07) is 17.0. The van der Waals surface area contributed by atoms with Crippen LogP contribution in [0.1, 0.15) is 12.5 Å². The van der Waals surface area contributed by atoms with Gasteiger partial charge < -0.3 is 14.8 Å². The van der Waals surface area contributed by atoms with Gasteiger partial charge in [0.1, 0.15) is 13.3 Å². The van der Waals surface area contributed by atoms with Crippen LogP contribution in [0.5, 0.6) is 0 Å². The number of carbonyl (C=O) groups is 2. The Bertz CT molecular complexity index is 794. The van der Waals surface area contributed by atoms with E-state index in [9.17, 15) is 9.59 Å². The molecule has 0 aromatic heterocycles. The molecule has 0 bridgehead atoms. The third kappa shape index (κ3) is 6.96. The van der Waals surface area contributed by atoms with Crippen LogP contribution in [0.4, 0.5) is 5.69 Å². The molecule has 0 saturated carbocycles. The summed E-state index contributed by atoms with van der Waals surface area (Å²) in [6.07, 6.45) is 0. The number of anilines is 1. The van der Waals surface area contributed by atoms with E-state index < -0.39 is 11.8 Å². The zero-order valence-electron chi connectivity index (χ0n) is 15.0. The van der Waals surface area contributed by atoms with Gasteiger partial charge in [0.25, 0.3) is 0 Å². The highest BCUT2D eigenvalue weighted by atomic mass is 79.9. The fraction of sp³-hybridized carbons (Fsp3) is 0.250. The molecule has 0 spiro atoms. The van der Waals surface area contributed by atoms with E-state index in [0.717, 1.165) is 15.7 Å². The molecule has 0 unspecified atom stereocenters. The summed E-state index contributed by atoms with van der Waals surface area (Å²) in [7, 11) is 0. The van der Waals surface area contributed by atoms with E-state index in [4.69, 9.17) is 9.47 Å². The number of para-hydroxylation sites is 1. The van der Waals surface area contributed by atoms with E-state index in [2.05, 4.69) is 26.2 Å². The highest BCUT2D eigenvalue weighted by Crippen LogP contribution is 2.20. The molecule has 6 nitrogen and oxygen atoms in total. The third-order valence-electron chi connectivity index (χ3n) is 3.46. The number of hydrogen-bond donors (Lipinski definition) is 1. The molecule has 0 aliphatic rings. The number of nitrogens with one attached hydrogen (secondary N) is 1. The molecule has 0 heterocycles. The normalized spacial score (nSPS) is 11.1. The summed E-state index contributed by atoms with van der Waals surface area (Å²) < 4.78 is 11.2. The maximum atomic E-state index is 12.4. The van der Waals surface area contributed by atoms with E-state index in [-0.39, 0.29) is 32.2 Å². The summed E-state index contributed by atoms with van der Waals surface area (Å²) in [4.78, 5) is 28.5. The molecular weight excluding hydrogens is 412 g/mol. The van der Waals surface area contributed by atoms with Gasteiger partial charge in [-0.1, -0.05) is 42.5 Å². The minimum absolute atomic E-state index is 0.0567. The Kier molecular flexibility index (Phi) is 8.67. The zero-order valence-corrected chi connectivity index (χ0v) is 16.6. The van der Waals surface area contributed by atoms with Gasteiger partial charge >= 0.3 is 5.97 Å². The van der Waals surface area contributed by atoms with Crippen molar-refractivity contribution < 1.29 is 19.1 Å². The van der Waals surface area contributed by atoms with Gasteiger partial charge in [-0.2, -0.15) is 0 Å². The Balaban J connectivity index is 1.96. The van der Waals surface area contributed by atoms with Crippen molar-refractivity contribution >= 4 is 39.1 Å². The molecule has 27 heavy (non-hydrogen) atoms. The molecule has 2 rings (SSSR count). The second kappa shape index (κ2) is 11.3. The number of ketones is 1. The number of ether oxygens (including phenoxy) is 2. The number of benzene rings is 2. The van der Waals surface area contributed by atoms with Crippen LogP contribution in [-0.2, 0) is 25.7 Å². The lowest BCUT2D eigenvalue weighted by Crippen LogP contribution is -2.30. The first-order valence-corrected chi connectivity index (χ1v) is 9.26. The molecule has 0 radical (unpaired) electrons. The molecule has 0 aliphatic heterocycles. The summed E-state index contributed by atoms with van der Waals surface area (Å²) >= 11 is 3.41. The van der Waals surface area contributed by atoms with Crippen LogP contribution in [0.15, 0.2) is 64.1 Å². The van der Waals surface area contributed by atoms with Crippen molar-refractivity contribution in [3.8, 4) is 0 Å². The molecule has 7 heteroatoms. The third-order valence-corrected chi connectivity index (χ3v) is 4.15. The summed E-state index contributed by atoms with van der Waals surface area (Å²) in [5.41, 5.74) is 1.48. The van der Waals surface area contributed by atoms with Gasteiger partial charge in [0.05, 0.1) is 13.2 Å². The Morgan fingerprint density at radius 3 is 2.48 bits per heavy atom. The van der Waals surface area contributed by atoms with Crippen molar-refractivity contribution in [2.24, 2.45) is 4.99 Å². The van der Waals surface area contributed by atoms with Crippen molar-refractivity contribution in [2.75, 3.05) is 25.2 Å². The van der Waals surface area contributed by atoms with E-state index in [1.807, 2.05) is 54.6 Å². The van der Waals surface area contributed by atoms with Crippen LogP contribution in [0.3, 0.4) is 0 Å². The van der Waals surface area contributed by atoms with Gasteiger partial charge in [0.2, 0.25) is 5.78 Å². The quantitative estimate of drug-likeness (QED) is 0.352. The fourth-order valence-electron chi connectivity index (χ4n) is 2.18. The van der Waals surface area contributed by atoms with Crippen LogP contribution in [0, 0.1) is 0 Å². The first-order valence-electron chi connectivity index (χ1n) is 8.46. The topological polar surface area (TPSA) is 77.0 Å². The highest BCUT2D eigenvalue weighted by molar-refractivity contribution is 9.10. The Labute approximate surface area is 166 Å². The predicted octanol–water partition coefficient (Wildman–Crippen LogP) is 3.61. The number of hydrogen-bond acceptors (Lipinski definition) is 6. The molecule has 0 atom stereocenters. The summed E-state index contributed by atoms with van der Waals surface area (Å²) in [5.74, 6) is -1.27. The van der Waals surface area contributed by atoms with Crippen molar-refractivity contribution in [1.82, 2.24) is 0 Å². The average molecular weight is 433 g/mol. The van der Waals surface area contributed by atoms with Crippen LogP contribution >= 0.6 is 15.9 Å². The minimum atomic E-state index is -0.750. The van der Waals surface area contributed by atoms with Gasteiger partial charge in [-0.05, 0) is 40.5 Å². The monoisotopic (exact) mass is 432 g/mol. The molecular formula is C20H21BrN2O4. The number of nitrogens with zero attached hydrogens (tertiary/aromatic N) is 1. The number of Topliss-reactive ketones (excluding diaryl/α,β-unsaturated/α-hetero) is 1. The number of rotatable bonds is 10. The second-order valence-corrected chi connectivity index (χ2v) is 6.30. The Morgan fingerprint density at radius 1 is 1.07 bits per heavy atom. The van der Waals surface area contributed by atoms with Crippen LogP contribution in [0.25, 0.3) is 0 Å². The van der Waals surface area contributed by atoms with Crippen molar-refractivity contribution in [2.45, 2.75) is 13.5 Å². The number of aliphatic imine (C=N–C) groups is 1. The average Bonchev–Trinajstić information content (AvgIpc) is 2.67. The zero-order chi connectivity index (χ0) is 19.5. The Hall–Kier alpha value is -2.51. The second-order valence-electron chi connectivity index (χ2n) is 5.44. The molecule has 2 aromatic rings. The SMILES string of the molecule is CCOC(=O)/C(=N/CNc1ccccc1Br)C(=O)COCc1ccccc1. The van der Waals surface area contributed by atoms with Gasteiger partial charge in [-0.15, -0.1) is 0 Å². The predicted molar refractivity (Wildman–Crippen MR) is 108 cm³/mol. The summed E-state index contributed by atoms with van der Waals surface area (Å²) in [5, 5.41) is 3.04. The van der Waals surface area contributed by atoms with Gasteiger partial charge in [-0.25, -0.2) is 4.79 Å². The molecule has 142 valence electrons. The van der Waals surface area contributed by atoms with E-state index in [0.29, 0.717) is 0 Å². The molecule has 0 aliphatic carbocycles. The van der Waals surface area contributed by atoms with Crippen LogP contribution in [0.2, 0.25) is 0 Å². The lowest BCUT2D eigenvalue weighted by atomic mass is 10.2. The number of halogens is 1. The van der Waals surface area contributed by atoms with Crippen LogP contribution < -0.4 is 5.32 Å². The standard InChI is InChI=1S/C20H21BrN2O4/c1-2-27-20(25)19(23-14-22-17-11-7-6-10-16(17)21)18(24)13-26-12-15-8-4-3-5-9-15/h3-11,22H,2,12-14H2,1H3/b23-19+. The van der Waals surface area contributed by atoms with E-state index in [1.54, 1.807) is 6.92 Å². The fourth-order valence-corrected chi connectivity index (χ4v) is 2.60. The highest BCUT2D eigenvalue weighted by Gasteiger charge is 2.21. The smallest absolute Gasteiger partial charge is 0.360 e. The largest absolute Gasteiger partial charge is 0.461 e. The molecule has 1 N–H and O–H groups in total. The van der Waals surface area contributed by atoms with Crippen molar-refractivity contribution in [1.29, 1.82) is 0 Å². The maximum absolute atomic E-state index is 12.4. The first kappa shape index (κ1) is 20.8. The molecule has 0 saturated heterocycles. The van der Waals surface area contributed by atoms with Crippen LogP contribution in [-0.4, -0.2) is 37.3 Å². The molecule has 2 aromatic carbocycles. The lowest BCUT2D eigenvalue weighted by Gasteiger charge is -2.09. The first-order chi connectivity index (χ1) is 13.1. The number of carbonyl (C=O) groups excluding carboxylic acids is 2. The van der Waals surface area contributed by atoms with Gasteiger partial charge in [0, 0.05) is 10.2 Å². The van der Waals surface area contributed by atoms with Gasteiger partial charge in [0.15, 0.2) is 5.71 Å².